The topological polar surface area (TPSA) is 41.5 Å². The second-order valence-electron chi connectivity index (χ2n) is 2.50. The molecule has 54 valence electrons. The molecule has 0 aromatic carbocycles. The SMILES string of the molecule is CCNCC1(O)COC1. The molecule has 0 amide bonds. The van der Waals surface area contributed by atoms with Crippen molar-refractivity contribution in [2.45, 2.75) is 12.5 Å². The van der Waals surface area contributed by atoms with Crippen molar-refractivity contribution in [2.75, 3.05) is 26.3 Å². The van der Waals surface area contributed by atoms with Gasteiger partial charge in [-0.15, -0.1) is 0 Å². The third kappa shape index (κ3) is 1.64. The maximum Gasteiger partial charge on any atom is 0.123 e. The van der Waals surface area contributed by atoms with Crippen LogP contribution >= 0.6 is 0 Å². The van der Waals surface area contributed by atoms with E-state index in [2.05, 4.69) is 5.32 Å². The maximum absolute atomic E-state index is 9.35. The predicted octanol–water partition coefficient (Wildman–Crippen LogP) is -0.643. The van der Waals surface area contributed by atoms with Crippen LogP contribution < -0.4 is 5.32 Å². The fourth-order valence-corrected chi connectivity index (χ4v) is 0.797. The van der Waals surface area contributed by atoms with Gasteiger partial charge >= 0.3 is 0 Å². The van der Waals surface area contributed by atoms with E-state index in [9.17, 15) is 5.11 Å². The monoisotopic (exact) mass is 131 g/mol. The van der Waals surface area contributed by atoms with Crippen LogP contribution in [0.25, 0.3) is 0 Å². The van der Waals surface area contributed by atoms with E-state index in [0.29, 0.717) is 19.8 Å². The van der Waals surface area contributed by atoms with E-state index in [1.54, 1.807) is 0 Å². The Balaban J connectivity index is 2.09. The molecule has 0 bridgehead atoms. The quantitative estimate of drug-likeness (QED) is 0.535. The molecule has 1 rings (SSSR count). The summed E-state index contributed by atoms with van der Waals surface area (Å²) in [5.74, 6) is 0. The van der Waals surface area contributed by atoms with Gasteiger partial charge in [0.05, 0.1) is 13.2 Å². The molecule has 1 aliphatic rings. The zero-order valence-electron chi connectivity index (χ0n) is 5.68. The summed E-state index contributed by atoms with van der Waals surface area (Å²) in [4.78, 5) is 0. The van der Waals surface area contributed by atoms with Crippen LogP contribution in [-0.4, -0.2) is 37.0 Å². The van der Waals surface area contributed by atoms with Gasteiger partial charge in [-0.05, 0) is 6.54 Å². The Bertz CT molecular complexity index is 91.1. The number of rotatable bonds is 3. The van der Waals surface area contributed by atoms with Crippen molar-refractivity contribution < 1.29 is 9.84 Å². The van der Waals surface area contributed by atoms with Gasteiger partial charge < -0.3 is 15.2 Å². The number of hydrogen-bond donors (Lipinski definition) is 2. The Morgan fingerprint density at radius 2 is 2.33 bits per heavy atom. The van der Waals surface area contributed by atoms with Gasteiger partial charge in [0.15, 0.2) is 0 Å². The molecule has 0 atom stereocenters. The normalized spacial score (nSPS) is 23.3. The summed E-state index contributed by atoms with van der Waals surface area (Å²) < 4.78 is 4.84. The van der Waals surface area contributed by atoms with Crippen molar-refractivity contribution in [1.82, 2.24) is 5.32 Å². The Labute approximate surface area is 55.0 Å². The van der Waals surface area contributed by atoms with E-state index < -0.39 is 5.60 Å². The minimum absolute atomic E-state index is 0.486. The highest BCUT2D eigenvalue weighted by Gasteiger charge is 2.35. The van der Waals surface area contributed by atoms with Gasteiger partial charge in [0.1, 0.15) is 5.60 Å². The highest BCUT2D eigenvalue weighted by molar-refractivity contribution is 4.86. The molecule has 0 radical (unpaired) electrons. The van der Waals surface area contributed by atoms with E-state index in [0.717, 1.165) is 6.54 Å². The molecule has 3 heteroatoms. The zero-order chi connectivity index (χ0) is 6.74. The first kappa shape index (κ1) is 6.99. The first-order valence-electron chi connectivity index (χ1n) is 3.28. The van der Waals surface area contributed by atoms with Crippen molar-refractivity contribution in [3.63, 3.8) is 0 Å². The van der Waals surface area contributed by atoms with Gasteiger partial charge in [-0.2, -0.15) is 0 Å². The largest absolute Gasteiger partial charge is 0.384 e. The molecule has 0 spiro atoms. The number of aliphatic hydroxyl groups is 1. The molecule has 1 heterocycles. The van der Waals surface area contributed by atoms with Crippen LogP contribution in [0.2, 0.25) is 0 Å². The molecule has 0 aromatic rings. The average molecular weight is 131 g/mol. The number of likely N-dealkylation sites (N-methyl/N-ethyl adjacent to an activating group) is 1. The second-order valence-corrected chi connectivity index (χ2v) is 2.50. The van der Waals surface area contributed by atoms with Crippen LogP contribution in [0.4, 0.5) is 0 Å². The third-order valence-corrected chi connectivity index (χ3v) is 1.45. The minimum atomic E-state index is -0.560. The van der Waals surface area contributed by atoms with E-state index >= 15 is 0 Å². The lowest BCUT2D eigenvalue weighted by Crippen LogP contribution is -2.56. The summed E-state index contributed by atoms with van der Waals surface area (Å²) in [5, 5.41) is 12.4. The summed E-state index contributed by atoms with van der Waals surface area (Å²) in [5.41, 5.74) is -0.560. The van der Waals surface area contributed by atoms with Gasteiger partial charge in [0, 0.05) is 6.54 Å². The summed E-state index contributed by atoms with van der Waals surface area (Å²) in [7, 11) is 0. The molecule has 0 unspecified atom stereocenters. The molecule has 2 N–H and O–H groups in total. The van der Waals surface area contributed by atoms with Gasteiger partial charge in [-0.3, -0.25) is 0 Å². The maximum atomic E-state index is 9.35. The van der Waals surface area contributed by atoms with Gasteiger partial charge in [-0.1, -0.05) is 6.92 Å². The number of nitrogens with one attached hydrogen (secondary N) is 1. The van der Waals surface area contributed by atoms with Crippen LogP contribution in [0, 0.1) is 0 Å². The Morgan fingerprint density at radius 3 is 2.67 bits per heavy atom. The molecule has 3 nitrogen and oxygen atoms in total. The smallest absolute Gasteiger partial charge is 0.123 e. The third-order valence-electron chi connectivity index (χ3n) is 1.45. The first-order valence-corrected chi connectivity index (χ1v) is 3.28. The van der Waals surface area contributed by atoms with Gasteiger partial charge in [0.2, 0.25) is 0 Å². The Kier molecular flexibility index (Phi) is 2.05. The van der Waals surface area contributed by atoms with Gasteiger partial charge in [-0.25, -0.2) is 0 Å². The molecule has 0 aliphatic carbocycles. The average Bonchev–Trinajstić information content (AvgIpc) is 1.79. The second kappa shape index (κ2) is 2.64. The van der Waals surface area contributed by atoms with Crippen molar-refractivity contribution in [3.8, 4) is 0 Å². The summed E-state index contributed by atoms with van der Waals surface area (Å²) in [6, 6.07) is 0. The predicted molar refractivity (Wildman–Crippen MR) is 34.3 cm³/mol. The fraction of sp³-hybridized carbons (Fsp3) is 1.00. The van der Waals surface area contributed by atoms with Crippen molar-refractivity contribution in [3.05, 3.63) is 0 Å². The van der Waals surface area contributed by atoms with Crippen LogP contribution in [0.1, 0.15) is 6.92 Å². The molecule has 0 saturated carbocycles. The molecule has 1 fully saturated rings. The van der Waals surface area contributed by atoms with E-state index in [4.69, 9.17) is 4.74 Å². The summed E-state index contributed by atoms with van der Waals surface area (Å²) >= 11 is 0. The summed E-state index contributed by atoms with van der Waals surface area (Å²) in [6.45, 7) is 4.55. The van der Waals surface area contributed by atoms with Crippen LogP contribution in [0.15, 0.2) is 0 Å². The van der Waals surface area contributed by atoms with Crippen LogP contribution in [-0.2, 0) is 4.74 Å². The van der Waals surface area contributed by atoms with E-state index in [1.165, 1.54) is 0 Å². The van der Waals surface area contributed by atoms with Crippen molar-refractivity contribution in [1.29, 1.82) is 0 Å². The van der Waals surface area contributed by atoms with E-state index in [-0.39, 0.29) is 0 Å². The molecular formula is C6H13NO2. The molecule has 1 aliphatic heterocycles. The first-order chi connectivity index (χ1) is 4.27. The van der Waals surface area contributed by atoms with Crippen LogP contribution in [0.3, 0.4) is 0 Å². The standard InChI is InChI=1S/C6H13NO2/c1-2-7-3-6(8)4-9-5-6/h7-8H,2-5H2,1H3. The number of ether oxygens (including phenoxy) is 1. The lowest BCUT2D eigenvalue weighted by Gasteiger charge is -2.36. The highest BCUT2D eigenvalue weighted by atomic mass is 16.5. The Hall–Kier alpha value is -0.120. The lowest BCUT2D eigenvalue weighted by molar-refractivity contribution is -0.174. The molecular weight excluding hydrogens is 118 g/mol. The van der Waals surface area contributed by atoms with Gasteiger partial charge in [0.25, 0.3) is 0 Å². The fourth-order valence-electron chi connectivity index (χ4n) is 0.797. The lowest BCUT2D eigenvalue weighted by atomic mass is 10.0. The molecule has 0 aromatic heterocycles. The molecule has 1 saturated heterocycles. The minimum Gasteiger partial charge on any atom is -0.384 e. The van der Waals surface area contributed by atoms with Crippen molar-refractivity contribution in [2.24, 2.45) is 0 Å². The number of hydrogen-bond acceptors (Lipinski definition) is 3. The highest BCUT2D eigenvalue weighted by Crippen LogP contribution is 2.14. The summed E-state index contributed by atoms with van der Waals surface area (Å²) in [6.07, 6.45) is 0. The molecule has 9 heavy (non-hydrogen) atoms. The zero-order valence-corrected chi connectivity index (χ0v) is 5.68. The van der Waals surface area contributed by atoms with E-state index in [1.807, 2.05) is 6.92 Å². The van der Waals surface area contributed by atoms with Crippen molar-refractivity contribution >= 4 is 0 Å². The van der Waals surface area contributed by atoms with Crippen LogP contribution in [0.5, 0.6) is 0 Å². The Morgan fingerprint density at radius 1 is 1.67 bits per heavy atom.